The van der Waals surface area contributed by atoms with Gasteiger partial charge < -0.3 is 10.1 Å². The number of hydrogen-bond acceptors (Lipinski definition) is 3. The molecule has 0 fully saturated rings. The Balaban J connectivity index is 3.58. The Labute approximate surface area is 106 Å². The molecule has 0 saturated carbocycles. The lowest BCUT2D eigenvalue weighted by Crippen LogP contribution is -2.42. The molecule has 0 saturated heterocycles. The van der Waals surface area contributed by atoms with Gasteiger partial charge in [-0.05, 0) is 18.9 Å². The van der Waals surface area contributed by atoms with Crippen LogP contribution in [-0.4, -0.2) is 25.7 Å². The molecule has 0 aromatic carbocycles. The zero-order valence-corrected chi connectivity index (χ0v) is 11.9. The first-order chi connectivity index (χ1) is 8.13. The summed E-state index contributed by atoms with van der Waals surface area (Å²) in [5.74, 6) is 0.133. The molecule has 0 unspecified atom stereocenters. The predicted molar refractivity (Wildman–Crippen MR) is 72.0 cm³/mol. The van der Waals surface area contributed by atoms with E-state index >= 15 is 0 Å². The van der Waals surface area contributed by atoms with Crippen molar-refractivity contribution in [1.29, 1.82) is 0 Å². The highest BCUT2D eigenvalue weighted by Gasteiger charge is 2.21. The van der Waals surface area contributed by atoms with E-state index in [1.807, 2.05) is 13.8 Å². The fourth-order valence-corrected chi connectivity index (χ4v) is 1.88. The van der Waals surface area contributed by atoms with Crippen LogP contribution in [0.15, 0.2) is 0 Å². The van der Waals surface area contributed by atoms with Crippen molar-refractivity contribution in [3.05, 3.63) is 0 Å². The third kappa shape index (κ3) is 8.19. The van der Waals surface area contributed by atoms with Crippen LogP contribution in [0.5, 0.6) is 0 Å². The van der Waals surface area contributed by atoms with E-state index in [0.717, 1.165) is 13.0 Å². The van der Waals surface area contributed by atoms with Crippen LogP contribution >= 0.6 is 0 Å². The van der Waals surface area contributed by atoms with Gasteiger partial charge in [-0.25, -0.2) is 0 Å². The number of rotatable bonds is 10. The molecule has 0 bridgehead atoms. The van der Waals surface area contributed by atoms with E-state index in [4.69, 9.17) is 4.74 Å². The van der Waals surface area contributed by atoms with Crippen molar-refractivity contribution in [3.63, 3.8) is 0 Å². The Morgan fingerprint density at radius 1 is 1.12 bits per heavy atom. The molecule has 0 aromatic heterocycles. The molecule has 1 N–H and O–H groups in total. The molecule has 0 rings (SSSR count). The lowest BCUT2D eigenvalue weighted by Gasteiger charge is -2.19. The number of esters is 1. The van der Waals surface area contributed by atoms with E-state index < -0.39 is 0 Å². The number of unbranched alkanes of at least 4 members (excludes halogenated alkanes) is 5. The first kappa shape index (κ1) is 16.4. The Morgan fingerprint density at radius 3 is 2.24 bits per heavy atom. The normalized spacial score (nSPS) is 12.8. The van der Waals surface area contributed by atoms with Crippen LogP contribution in [0.1, 0.15) is 59.3 Å². The highest BCUT2D eigenvalue weighted by atomic mass is 16.5. The molecule has 0 aromatic rings. The smallest absolute Gasteiger partial charge is 0.323 e. The first-order valence-electron chi connectivity index (χ1n) is 6.94. The van der Waals surface area contributed by atoms with Crippen molar-refractivity contribution in [1.82, 2.24) is 5.32 Å². The topological polar surface area (TPSA) is 38.3 Å². The van der Waals surface area contributed by atoms with Crippen LogP contribution in [0.25, 0.3) is 0 Å². The maximum Gasteiger partial charge on any atom is 0.323 e. The van der Waals surface area contributed by atoms with Gasteiger partial charge in [-0.15, -0.1) is 0 Å². The van der Waals surface area contributed by atoms with Crippen LogP contribution in [0.4, 0.5) is 0 Å². The van der Waals surface area contributed by atoms with E-state index in [9.17, 15) is 4.79 Å². The second kappa shape index (κ2) is 10.6. The SMILES string of the molecule is CCCCCCCCN[C@H](C(=O)OC)C(C)C. The molecule has 102 valence electrons. The summed E-state index contributed by atoms with van der Waals surface area (Å²) in [7, 11) is 1.45. The summed E-state index contributed by atoms with van der Waals surface area (Å²) in [5, 5.41) is 3.29. The van der Waals surface area contributed by atoms with Crippen LogP contribution in [-0.2, 0) is 9.53 Å². The number of carbonyl (C=O) groups excluding carboxylic acids is 1. The molecule has 0 aliphatic heterocycles. The van der Waals surface area contributed by atoms with Crippen molar-refractivity contribution in [2.75, 3.05) is 13.7 Å². The molecule has 0 aliphatic carbocycles. The van der Waals surface area contributed by atoms with Crippen LogP contribution < -0.4 is 5.32 Å². The average Bonchev–Trinajstić information content (AvgIpc) is 2.31. The quantitative estimate of drug-likeness (QED) is 0.473. The van der Waals surface area contributed by atoms with Gasteiger partial charge in [0.2, 0.25) is 0 Å². The largest absolute Gasteiger partial charge is 0.468 e. The minimum Gasteiger partial charge on any atom is -0.468 e. The predicted octanol–water partition coefficient (Wildman–Crippen LogP) is 3.13. The molecule has 0 spiro atoms. The van der Waals surface area contributed by atoms with Gasteiger partial charge in [0.1, 0.15) is 6.04 Å². The van der Waals surface area contributed by atoms with Gasteiger partial charge in [-0.1, -0.05) is 52.9 Å². The maximum atomic E-state index is 11.5. The van der Waals surface area contributed by atoms with Gasteiger partial charge in [0.15, 0.2) is 0 Å². The summed E-state index contributed by atoms with van der Waals surface area (Å²) < 4.78 is 4.78. The molecule has 3 heteroatoms. The lowest BCUT2D eigenvalue weighted by atomic mass is 10.0. The zero-order chi connectivity index (χ0) is 13.1. The maximum absolute atomic E-state index is 11.5. The Morgan fingerprint density at radius 2 is 1.71 bits per heavy atom. The fourth-order valence-electron chi connectivity index (χ4n) is 1.88. The second-order valence-corrected chi connectivity index (χ2v) is 4.97. The summed E-state index contributed by atoms with van der Waals surface area (Å²) >= 11 is 0. The highest BCUT2D eigenvalue weighted by molar-refractivity contribution is 5.75. The standard InChI is InChI=1S/C14H29NO2/c1-5-6-7-8-9-10-11-15-13(12(2)3)14(16)17-4/h12-13,15H,5-11H2,1-4H3/t13-/m0/s1. The molecule has 0 aliphatic rings. The minimum atomic E-state index is -0.157. The zero-order valence-electron chi connectivity index (χ0n) is 11.9. The van der Waals surface area contributed by atoms with Gasteiger partial charge in [-0.2, -0.15) is 0 Å². The minimum absolute atomic E-state index is 0.147. The number of carbonyl (C=O) groups is 1. The molecule has 17 heavy (non-hydrogen) atoms. The second-order valence-electron chi connectivity index (χ2n) is 4.97. The van der Waals surface area contributed by atoms with E-state index in [1.54, 1.807) is 0 Å². The van der Waals surface area contributed by atoms with Crippen LogP contribution in [0.2, 0.25) is 0 Å². The highest BCUT2D eigenvalue weighted by Crippen LogP contribution is 2.06. The number of ether oxygens (including phenoxy) is 1. The van der Waals surface area contributed by atoms with E-state index in [-0.39, 0.29) is 17.9 Å². The summed E-state index contributed by atoms with van der Waals surface area (Å²) in [6.07, 6.45) is 7.66. The first-order valence-corrected chi connectivity index (χ1v) is 6.94. The molecule has 3 nitrogen and oxygen atoms in total. The van der Waals surface area contributed by atoms with E-state index in [2.05, 4.69) is 12.2 Å². The Hall–Kier alpha value is -0.570. The summed E-state index contributed by atoms with van der Waals surface area (Å²) in [6, 6.07) is -0.157. The van der Waals surface area contributed by atoms with Crippen molar-refractivity contribution in [3.8, 4) is 0 Å². The molecule has 0 amide bonds. The third-order valence-electron chi connectivity index (χ3n) is 3.02. The molecule has 0 radical (unpaired) electrons. The average molecular weight is 243 g/mol. The molecular formula is C14H29NO2. The van der Waals surface area contributed by atoms with Gasteiger partial charge >= 0.3 is 5.97 Å². The molecule has 0 heterocycles. The van der Waals surface area contributed by atoms with Crippen LogP contribution in [0.3, 0.4) is 0 Å². The van der Waals surface area contributed by atoms with E-state index in [1.165, 1.54) is 39.2 Å². The van der Waals surface area contributed by atoms with Crippen LogP contribution in [0, 0.1) is 5.92 Å². The number of hydrogen-bond donors (Lipinski definition) is 1. The van der Waals surface area contributed by atoms with Gasteiger partial charge in [0.05, 0.1) is 7.11 Å². The van der Waals surface area contributed by atoms with Crippen molar-refractivity contribution in [2.45, 2.75) is 65.3 Å². The monoisotopic (exact) mass is 243 g/mol. The fraction of sp³-hybridized carbons (Fsp3) is 0.929. The number of methoxy groups -OCH3 is 1. The molecule has 1 atom stereocenters. The number of nitrogens with one attached hydrogen (secondary N) is 1. The summed E-state index contributed by atoms with van der Waals surface area (Å²) in [4.78, 5) is 11.5. The van der Waals surface area contributed by atoms with Gasteiger partial charge in [0.25, 0.3) is 0 Å². The Kier molecular flexibility index (Phi) is 10.2. The summed E-state index contributed by atoms with van der Waals surface area (Å²) in [5.41, 5.74) is 0. The van der Waals surface area contributed by atoms with Crippen molar-refractivity contribution >= 4 is 5.97 Å². The van der Waals surface area contributed by atoms with Crippen molar-refractivity contribution in [2.24, 2.45) is 5.92 Å². The molecular weight excluding hydrogens is 214 g/mol. The van der Waals surface area contributed by atoms with E-state index in [0.29, 0.717) is 0 Å². The van der Waals surface area contributed by atoms with Gasteiger partial charge in [-0.3, -0.25) is 4.79 Å². The van der Waals surface area contributed by atoms with Crippen molar-refractivity contribution < 1.29 is 9.53 Å². The third-order valence-corrected chi connectivity index (χ3v) is 3.02. The lowest BCUT2D eigenvalue weighted by molar-refractivity contribution is -0.144. The van der Waals surface area contributed by atoms with Gasteiger partial charge in [0, 0.05) is 0 Å². The summed E-state index contributed by atoms with van der Waals surface area (Å²) in [6.45, 7) is 7.21. The Bertz CT molecular complexity index is 193.